The summed E-state index contributed by atoms with van der Waals surface area (Å²) in [5.41, 5.74) is 1.05. The van der Waals surface area contributed by atoms with Gasteiger partial charge in [-0.15, -0.1) is 0 Å². The number of carbonyl (C=O) groups is 2. The Morgan fingerprint density at radius 3 is 1.53 bits per heavy atom. The molecule has 1 aromatic heterocycles. The SMILES string of the molecule is O=C1C=CC(=O)c2ccccc21.O=c1cc[nH]cc1. The molecule has 1 aliphatic carbocycles. The van der Waals surface area contributed by atoms with Gasteiger partial charge in [-0.25, -0.2) is 0 Å². The lowest BCUT2D eigenvalue weighted by Crippen LogP contribution is -2.10. The van der Waals surface area contributed by atoms with Crippen LogP contribution < -0.4 is 5.43 Å². The van der Waals surface area contributed by atoms with E-state index in [1.54, 1.807) is 36.7 Å². The lowest BCUT2D eigenvalue weighted by Gasteiger charge is -2.06. The number of ketones is 2. The lowest BCUT2D eigenvalue weighted by atomic mass is 9.95. The summed E-state index contributed by atoms with van der Waals surface area (Å²) in [6.45, 7) is 0. The predicted molar refractivity (Wildman–Crippen MR) is 71.3 cm³/mol. The van der Waals surface area contributed by atoms with E-state index in [2.05, 4.69) is 4.98 Å². The summed E-state index contributed by atoms with van der Waals surface area (Å²) in [6.07, 6.45) is 5.82. The smallest absolute Gasteiger partial charge is 0.186 e. The number of nitrogens with one attached hydrogen (secondary N) is 1. The Morgan fingerprint density at radius 2 is 1.16 bits per heavy atom. The van der Waals surface area contributed by atoms with Crippen LogP contribution in [0.5, 0.6) is 0 Å². The van der Waals surface area contributed by atoms with Gasteiger partial charge in [0.05, 0.1) is 0 Å². The number of carbonyl (C=O) groups excluding carboxylic acids is 2. The molecule has 1 aromatic carbocycles. The van der Waals surface area contributed by atoms with Crippen molar-refractivity contribution in [2.24, 2.45) is 0 Å². The molecule has 0 spiro atoms. The zero-order valence-electron chi connectivity index (χ0n) is 10.00. The van der Waals surface area contributed by atoms with Crippen molar-refractivity contribution in [2.45, 2.75) is 0 Å². The summed E-state index contributed by atoms with van der Waals surface area (Å²) in [7, 11) is 0. The Morgan fingerprint density at radius 1 is 0.684 bits per heavy atom. The average molecular weight is 253 g/mol. The largest absolute Gasteiger partial charge is 0.367 e. The molecule has 1 aliphatic rings. The highest BCUT2D eigenvalue weighted by Gasteiger charge is 2.16. The summed E-state index contributed by atoms with van der Waals surface area (Å²) in [4.78, 5) is 35.4. The van der Waals surface area contributed by atoms with Gasteiger partial charge in [0.2, 0.25) is 0 Å². The molecule has 0 radical (unpaired) electrons. The second-order valence-electron chi connectivity index (χ2n) is 3.84. The van der Waals surface area contributed by atoms with Crippen molar-refractivity contribution in [3.8, 4) is 0 Å². The number of pyridine rings is 1. The Bertz CT molecular complexity index is 644. The van der Waals surface area contributed by atoms with Gasteiger partial charge in [-0.1, -0.05) is 24.3 Å². The maximum atomic E-state index is 11.2. The number of aromatic nitrogens is 1. The van der Waals surface area contributed by atoms with E-state index in [4.69, 9.17) is 0 Å². The van der Waals surface area contributed by atoms with Gasteiger partial charge in [-0.05, 0) is 12.2 Å². The van der Waals surface area contributed by atoms with Gasteiger partial charge < -0.3 is 4.98 Å². The fourth-order valence-electron chi connectivity index (χ4n) is 1.62. The van der Waals surface area contributed by atoms with Crippen LogP contribution >= 0.6 is 0 Å². The molecular formula is C15H11NO3. The van der Waals surface area contributed by atoms with Crippen LogP contribution in [0.25, 0.3) is 0 Å². The van der Waals surface area contributed by atoms with Crippen LogP contribution in [0.15, 0.2) is 65.7 Å². The fourth-order valence-corrected chi connectivity index (χ4v) is 1.62. The Hall–Kier alpha value is -2.75. The second kappa shape index (κ2) is 5.73. The first-order valence-electron chi connectivity index (χ1n) is 5.67. The number of allylic oxidation sites excluding steroid dienone is 2. The number of aromatic amines is 1. The number of hydrogen-bond donors (Lipinski definition) is 1. The average Bonchev–Trinajstić information content (AvgIpc) is 2.45. The van der Waals surface area contributed by atoms with Crippen LogP contribution in [-0.2, 0) is 0 Å². The minimum absolute atomic E-state index is 0.0405. The molecule has 2 aromatic rings. The van der Waals surface area contributed by atoms with Gasteiger partial charge >= 0.3 is 0 Å². The first kappa shape index (κ1) is 12.7. The van der Waals surface area contributed by atoms with E-state index in [-0.39, 0.29) is 17.0 Å². The maximum absolute atomic E-state index is 11.2. The third-order valence-corrected chi connectivity index (χ3v) is 2.53. The third-order valence-electron chi connectivity index (χ3n) is 2.53. The van der Waals surface area contributed by atoms with Crippen molar-refractivity contribution >= 4 is 11.6 Å². The molecule has 0 bridgehead atoms. The molecule has 4 heteroatoms. The molecule has 0 unspecified atom stereocenters. The van der Waals surface area contributed by atoms with Gasteiger partial charge in [0.15, 0.2) is 17.0 Å². The predicted octanol–water partition coefficient (Wildman–Crippen LogP) is 2.00. The molecule has 0 saturated heterocycles. The Labute approximate surface area is 109 Å². The molecule has 0 fully saturated rings. The highest BCUT2D eigenvalue weighted by atomic mass is 16.1. The van der Waals surface area contributed by atoms with E-state index in [9.17, 15) is 14.4 Å². The molecule has 4 nitrogen and oxygen atoms in total. The standard InChI is InChI=1S/C10H6O2.C5H5NO/c11-9-5-6-10(12)8-4-2-1-3-7(8)9;7-5-1-3-6-4-2-5/h1-6H;1-4H,(H,6,7). The van der Waals surface area contributed by atoms with Crippen LogP contribution in [0.3, 0.4) is 0 Å². The van der Waals surface area contributed by atoms with Crippen LogP contribution in [0.2, 0.25) is 0 Å². The number of benzene rings is 1. The number of fused-ring (bicyclic) bond motifs is 1. The van der Waals surface area contributed by atoms with Crippen molar-refractivity contribution < 1.29 is 9.59 Å². The quantitative estimate of drug-likeness (QED) is 0.780. The molecule has 1 heterocycles. The third kappa shape index (κ3) is 3.13. The van der Waals surface area contributed by atoms with Crippen molar-refractivity contribution in [1.29, 1.82) is 0 Å². The molecule has 1 N–H and O–H groups in total. The van der Waals surface area contributed by atoms with Crippen molar-refractivity contribution in [3.05, 3.63) is 82.3 Å². The van der Waals surface area contributed by atoms with Crippen molar-refractivity contribution in [3.63, 3.8) is 0 Å². The molecule has 94 valence electrons. The van der Waals surface area contributed by atoms with Gasteiger partial charge in [-0.3, -0.25) is 14.4 Å². The Balaban J connectivity index is 0.000000163. The summed E-state index contributed by atoms with van der Waals surface area (Å²) in [5.74, 6) is -0.185. The van der Waals surface area contributed by atoms with Gasteiger partial charge in [-0.2, -0.15) is 0 Å². The lowest BCUT2D eigenvalue weighted by molar-refractivity contribution is 0.0994. The van der Waals surface area contributed by atoms with E-state index in [1.165, 1.54) is 24.3 Å². The van der Waals surface area contributed by atoms with E-state index >= 15 is 0 Å². The summed E-state index contributed by atoms with van der Waals surface area (Å²) in [6, 6.07) is 9.78. The summed E-state index contributed by atoms with van der Waals surface area (Å²) >= 11 is 0. The summed E-state index contributed by atoms with van der Waals surface area (Å²) < 4.78 is 0. The van der Waals surface area contributed by atoms with E-state index < -0.39 is 0 Å². The molecule has 0 aliphatic heterocycles. The topological polar surface area (TPSA) is 67.0 Å². The highest BCUT2D eigenvalue weighted by molar-refractivity contribution is 6.21. The molecule has 19 heavy (non-hydrogen) atoms. The van der Waals surface area contributed by atoms with Crippen LogP contribution in [0.4, 0.5) is 0 Å². The maximum Gasteiger partial charge on any atom is 0.186 e. The normalized spacial score (nSPS) is 12.4. The number of rotatable bonds is 0. The van der Waals surface area contributed by atoms with Crippen LogP contribution in [-0.4, -0.2) is 16.6 Å². The summed E-state index contributed by atoms with van der Waals surface area (Å²) in [5, 5.41) is 0. The number of hydrogen-bond acceptors (Lipinski definition) is 3. The van der Waals surface area contributed by atoms with Crippen LogP contribution in [0.1, 0.15) is 20.7 Å². The number of H-pyrrole nitrogens is 1. The molecule has 0 atom stereocenters. The molecule has 3 rings (SSSR count). The second-order valence-corrected chi connectivity index (χ2v) is 3.84. The van der Waals surface area contributed by atoms with E-state index in [0.29, 0.717) is 11.1 Å². The first-order chi connectivity index (χ1) is 9.18. The zero-order valence-corrected chi connectivity index (χ0v) is 10.00. The highest BCUT2D eigenvalue weighted by Crippen LogP contribution is 2.15. The zero-order chi connectivity index (χ0) is 13.7. The van der Waals surface area contributed by atoms with E-state index in [1.807, 2.05) is 0 Å². The Kier molecular flexibility index (Phi) is 3.83. The first-order valence-corrected chi connectivity index (χ1v) is 5.67. The van der Waals surface area contributed by atoms with Gasteiger partial charge in [0.25, 0.3) is 0 Å². The van der Waals surface area contributed by atoms with Gasteiger partial charge in [0, 0.05) is 35.7 Å². The van der Waals surface area contributed by atoms with Crippen molar-refractivity contribution in [2.75, 3.05) is 0 Å². The van der Waals surface area contributed by atoms with E-state index in [0.717, 1.165) is 0 Å². The minimum atomic E-state index is -0.0924. The molecule has 0 saturated carbocycles. The molecule has 0 amide bonds. The molecular weight excluding hydrogens is 242 g/mol. The van der Waals surface area contributed by atoms with Crippen molar-refractivity contribution in [1.82, 2.24) is 4.98 Å². The monoisotopic (exact) mass is 253 g/mol. The van der Waals surface area contributed by atoms with Gasteiger partial charge in [0.1, 0.15) is 0 Å². The minimum Gasteiger partial charge on any atom is -0.367 e. The van der Waals surface area contributed by atoms with Crippen LogP contribution in [0, 0.1) is 0 Å². The fraction of sp³-hybridized carbons (Fsp3) is 0.